The number of rotatable bonds is 4. The van der Waals surface area contributed by atoms with Crippen molar-refractivity contribution in [1.82, 2.24) is 19.9 Å². The molecular weight excluding hydrogens is 665 g/mol. The van der Waals surface area contributed by atoms with Crippen molar-refractivity contribution in [3.05, 3.63) is 146 Å². The van der Waals surface area contributed by atoms with Gasteiger partial charge in [-0.1, -0.05) is 91.0 Å². The van der Waals surface area contributed by atoms with Gasteiger partial charge >= 0.3 is 0 Å². The molecule has 0 amide bonds. The van der Waals surface area contributed by atoms with Gasteiger partial charge in [0.1, 0.15) is 5.52 Å². The molecule has 0 bridgehead atoms. The number of thiophene rings is 2. The second kappa shape index (κ2) is 11.1. The Morgan fingerprint density at radius 1 is 0.392 bits per heavy atom. The Hall–Kier alpha value is -6.28. The van der Waals surface area contributed by atoms with Crippen LogP contribution in [-0.4, -0.2) is 19.9 Å². The van der Waals surface area contributed by atoms with E-state index in [1.165, 1.54) is 30.3 Å². The molecular formula is C44H24N4OS2. The van der Waals surface area contributed by atoms with Crippen molar-refractivity contribution < 1.29 is 4.42 Å². The van der Waals surface area contributed by atoms with Gasteiger partial charge in [0.25, 0.3) is 0 Å². The first-order valence-corrected chi connectivity index (χ1v) is 18.3. The van der Waals surface area contributed by atoms with Gasteiger partial charge in [0.05, 0.1) is 0 Å². The van der Waals surface area contributed by atoms with E-state index in [1.807, 2.05) is 54.6 Å². The quantitative estimate of drug-likeness (QED) is 0.184. The summed E-state index contributed by atoms with van der Waals surface area (Å²) < 4.78 is 11.5. The van der Waals surface area contributed by atoms with Gasteiger partial charge in [-0.05, 0) is 60.0 Å². The van der Waals surface area contributed by atoms with E-state index < -0.39 is 0 Å². The monoisotopic (exact) mass is 688 g/mol. The first kappa shape index (κ1) is 28.5. The van der Waals surface area contributed by atoms with Crippen molar-refractivity contribution in [2.75, 3.05) is 0 Å². The van der Waals surface area contributed by atoms with Crippen LogP contribution in [0.2, 0.25) is 0 Å². The summed E-state index contributed by atoms with van der Waals surface area (Å²) in [5, 5.41) is 6.81. The highest BCUT2D eigenvalue weighted by molar-refractivity contribution is 7.26. The molecule has 4 aromatic heterocycles. The van der Waals surface area contributed by atoms with Crippen LogP contribution < -0.4 is 0 Å². The normalized spacial score (nSPS) is 11.9. The van der Waals surface area contributed by atoms with Crippen molar-refractivity contribution in [3.8, 4) is 45.6 Å². The second-order valence-electron chi connectivity index (χ2n) is 12.6. The molecule has 238 valence electrons. The maximum atomic E-state index is 6.68. The lowest BCUT2D eigenvalue weighted by atomic mass is 9.98. The largest absolute Gasteiger partial charge is 0.435 e. The van der Waals surface area contributed by atoms with Crippen LogP contribution in [0, 0.1) is 0 Å². The third kappa shape index (κ3) is 4.52. The van der Waals surface area contributed by atoms with Gasteiger partial charge in [-0.25, -0.2) is 19.9 Å². The molecule has 4 heterocycles. The van der Waals surface area contributed by atoms with E-state index in [0.717, 1.165) is 54.2 Å². The fraction of sp³-hybridized carbons (Fsp3) is 0. The zero-order valence-corrected chi connectivity index (χ0v) is 28.5. The Morgan fingerprint density at radius 3 is 1.82 bits per heavy atom. The molecule has 0 atom stereocenters. The van der Waals surface area contributed by atoms with E-state index in [4.69, 9.17) is 24.4 Å². The molecule has 5 nitrogen and oxygen atoms in total. The predicted molar refractivity (Wildman–Crippen MR) is 212 cm³/mol. The van der Waals surface area contributed by atoms with E-state index in [2.05, 4.69) is 91.0 Å². The van der Waals surface area contributed by atoms with Crippen LogP contribution in [0.5, 0.6) is 0 Å². The maximum absolute atomic E-state index is 6.68. The lowest BCUT2D eigenvalue weighted by Crippen LogP contribution is -2.00. The van der Waals surface area contributed by atoms with Crippen LogP contribution in [0.4, 0.5) is 0 Å². The Balaban J connectivity index is 1.22. The van der Waals surface area contributed by atoms with Gasteiger partial charge in [-0.15, -0.1) is 22.7 Å². The van der Waals surface area contributed by atoms with Gasteiger partial charge in [-0.3, -0.25) is 0 Å². The maximum Gasteiger partial charge on any atom is 0.227 e. The van der Waals surface area contributed by atoms with Crippen molar-refractivity contribution in [3.63, 3.8) is 0 Å². The average molecular weight is 689 g/mol. The van der Waals surface area contributed by atoms with Crippen LogP contribution >= 0.6 is 22.7 Å². The third-order valence-corrected chi connectivity index (χ3v) is 11.8. The third-order valence-electron chi connectivity index (χ3n) is 9.56. The summed E-state index contributed by atoms with van der Waals surface area (Å²) in [4.78, 5) is 20.5. The molecule has 11 aromatic rings. The van der Waals surface area contributed by atoms with E-state index >= 15 is 0 Å². The van der Waals surface area contributed by atoms with Gasteiger partial charge in [0.15, 0.2) is 23.1 Å². The molecule has 0 saturated heterocycles. The minimum atomic E-state index is 0.598. The van der Waals surface area contributed by atoms with Gasteiger partial charge in [0, 0.05) is 68.0 Å². The Labute approximate surface area is 299 Å². The molecule has 0 spiro atoms. The van der Waals surface area contributed by atoms with Crippen molar-refractivity contribution >= 4 is 84.9 Å². The number of oxazole rings is 1. The van der Waals surface area contributed by atoms with E-state index in [9.17, 15) is 0 Å². The molecule has 0 aliphatic rings. The molecule has 7 heteroatoms. The number of hydrogen-bond donors (Lipinski definition) is 0. The summed E-state index contributed by atoms with van der Waals surface area (Å²) in [5.41, 5.74) is 5.31. The molecule has 0 aliphatic heterocycles. The summed E-state index contributed by atoms with van der Waals surface area (Å²) in [5.74, 6) is 2.47. The first-order valence-electron chi connectivity index (χ1n) is 16.7. The highest BCUT2D eigenvalue weighted by Crippen LogP contribution is 2.46. The minimum Gasteiger partial charge on any atom is -0.435 e. The molecule has 51 heavy (non-hydrogen) atoms. The lowest BCUT2D eigenvalue weighted by Gasteiger charge is -2.12. The van der Waals surface area contributed by atoms with Gasteiger partial charge < -0.3 is 4.42 Å². The zero-order valence-electron chi connectivity index (χ0n) is 26.9. The second-order valence-corrected chi connectivity index (χ2v) is 14.8. The smallest absolute Gasteiger partial charge is 0.227 e. The van der Waals surface area contributed by atoms with Crippen LogP contribution in [-0.2, 0) is 0 Å². The zero-order chi connectivity index (χ0) is 33.5. The average Bonchev–Trinajstić information content (AvgIpc) is 3.91. The molecule has 11 rings (SSSR count). The number of hydrogen-bond acceptors (Lipinski definition) is 7. The molecule has 0 unspecified atom stereocenters. The molecule has 0 radical (unpaired) electrons. The molecule has 0 saturated carbocycles. The van der Waals surface area contributed by atoms with Crippen LogP contribution in [0.1, 0.15) is 0 Å². The van der Waals surface area contributed by atoms with E-state index in [-0.39, 0.29) is 0 Å². The summed E-state index contributed by atoms with van der Waals surface area (Å²) in [6.07, 6.45) is 0. The molecule has 0 fully saturated rings. The van der Waals surface area contributed by atoms with Crippen molar-refractivity contribution in [2.45, 2.75) is 0 Å². The Kier molecular flexibility index (Phi) is 6.22. The lowest BCUT2D eigenvalue weighted by molar-refractivity contribution is 0.623. The number of aromatic nitrogens is 4. The number of benzene rings is 7. The topological polar surface area (TPSA) is 64.7 Å². The van der Waals surface area contributed by atoms with Crippen molar-refractivity contribution in [1.29, 1.82) is 0 Å². The first-order chi connectivity index (χ1) is 25.2. The fourth-order valence-electron chi connectivity index (χ4n) is 7.19. The van der Waals surface area contributed by atoms with Crippen LogP contribution in [0.25, 0.3) is 108 Å². The molecule has 7 aromatic carbocycles. The summed E-state index contributed by atoms with van der Waals surface area (Å²) in [6, 6.07) is 50.3. The Bertz CT molecular complexity index is 3150. The predicted octanol–water partition coefficient (Wildman–Crippen LogP) is 12.6. The summed E-state index contributed by atoms with van der Waals surface area (Å²) in [6.45, 7) is 0. The van der Waals surface area contributed by atoms with Gasteiger partial charge in [-0.2, -0.15) is 0 Å². The van der Waals surface area contributed by atoms with Crippen LogP contribution in [0.3, 0.4) is 0 Å². The van der Waals surface area contributed by atoms with Gasteiger partial charge in [0.2, 0.25) is 5.89 Å². The highest BCUT2D eigenvalue weighted by Gasteiger charge is 2.22. The van der Waals surface area contributed by atoms with Crippen LogP contribution in [0.15, 0.2) is 150 Å². The SMILES string of the molecule is c1ccc(-c2nc(-c3ccc4sc5ccccc5c4c3)nc(-c3cc4sc5ccccc5c4c4c3ccc3nc(-c5ccccc5)oc34)n2)cc1. The van der Waals surface area contributed by atoms with E-state index in [1.54, 1.807) is 22.7 Å². The standard InChI is InChI=1S/C44H24N4OS2/c1-3-11-25(12-4-1)41-46-42(27-19-22-36-31(23-27)28-15-7-9-17-34(28)50-36)48-43(47-41)32-24-37-38(30-16-8-10-18-35(30)51-37)39-29(32)20-21-33-40(39)49-44(45-33)26-13-5-2-6-14-26/h1-24H. The number of fused-ring (bicyclic) bond motifs is 10. The summed E-state index contributed by atoms with van der Waals surface area (Å²) in [7, 11) is 0. The molecule has 0 aliphatic carbocycles. The molecule has 0 N–H and O–H groups in total. The summed E-state index contributed by atoms with van der Waals surface area (Å²) >= 11 is 3.57. The highest BCUT2D eigenvalue weighted by atomic mass is 32.1. The minimum absolute atomic E-state index is 0.598. The Morgan fingerprint density at radius 2 is 1.02 bits per heavy atom. The van der Waals surface area contributed by atoms with Crippen molar-refractivity contribution in [2.24, 2.45) is 0 Å². The van der Waals surface area contributed by atoms with E-state index in [0.29, 0.717) is 23.4 Å². The number of nitrogens with zero attached hydrogens (tertiary/aromatic N) is 4. The fourth-order valence-corrected chi connectivity index (χ4v) is 9.43.